The van der Waals surface area contributed by atoms with E-state index < -0.39 is 17.5 Å². The van der Waals surface area contributed by atoms with E-state index in [2.05, 4.69) is 27.8 Å². The Morgan fingerprint density at radius 1 is 1.58 bits per heavy atom. The molecule has 1 aromatic carbocycles. The van der Waals surface area contributed by atoms with E-state index in [0.29, 0.717) is 10.2 Å². The molecule has 5 nitrogen and oxygen atoms in total. The fourth-order valence-corrected chi connectivity index (χ4v) is 2.29. The highest BCUT2D eigenvalue weighted by atomic mass is 79.9. The highest BCUT2D eigenvalue weighted by Gasteiger charge is 2.50. The second kappa shape index (κ2) is 4.79. The standard InChI is InChI=1S/C13H12BrNO4/c1-3-19-11(16)7(2)13(18)9-6-8(14)4-5-10(9)15-12(13)17/h4-6,18H,2-3H2,1H3,(H,15,17). The van der Waals surface area contributed by atoms with Crippen molar-refractivity contribution in [3.63, 3.8) is 0 Å². The summed E-state index contributed by atoms with van der Waals surface area (Å²) in [5.41, 5.74) is -1.67. The quantitative estimate of drug-likeness (QED) is 0.655. The van der Waals surface area contributed by atoms with E-state index >= 15 is 0 Å². The molecule has 1 amide bonds. The monoisotopic (exact) mass is 325 g/mol. The lowest BCUT2D eigenvalue weighted by Gasteiger charge is -2.22. The zero-order valence-electron chi connectivity index (χ0n) is 10.2. The molecule has 2 N–H and O–H groups in total. The Morgan fingerprint density at radius 2 is 2.26 bits per heavy atom. The number of aliphatic hydroxyl groups is 1. The van der Waals surface area contributed by atoms with Gasteiger partial charge in [0, 0.05) is 15.7 Å². The van der Waals surface area contributed by atoms with Crippen molar-refractivity contribution in [3.8, 4) is 0 Å². The molecule has 1 unspecified atom stereocenters. The van der Waals surface area contributed by atoms with Gasteiger partial charge in [-0.1, -0.05) is 22.5 Å². The van der Waals surface area contributed by atoms with Crippen LogP contribution < -0.4 is 5.32 Å². The van der Waals surface area contributed by atoms with Crippen molar-refractivity contribution < 1.29 is 19.4 Å². The number of amides is 1. The van der Waals surface area contributed by atoms with Gasteiger partial charge in [-0.3, -0.25) is 4.79 Å². The minimum atomic E-state index is -2.09. The first-order valence-electron chi connectivity index (χ1n) is 5.61. The number of nitrogens with one attached hydrogen (secondary N) is 1. The summed E-state index contributed by atoms with van der Waals surface area (Å²) in [6.45, 7) is 5.28. The highest BCUT2D eigenvalue weighted by molar-refractivity contribution is 9.10. The molecule has 0 aliphatic carbocycles. The van der Waals surface area contributed by atoms with E-state index in [1.165, 1.54) is 0 Å². The smallest absolute Gasteiger partial charge is 0.337 e. The lowest BCUT2D eigenvalue weighted by atomic mass is 9.88. The van der Waals surface area contributed by atoms with E-state index in [9.17, 15) is 14.7 Å². The fraction of sp³-hybridized carbons (Fsp3) is 0.231. The molecule has 100 valence electrons. The molecule has 0 fully saturated rings. The van der Waals surface area contributed by atoms with Crippen LogP contribution in [0.4, 0.5) is 5.69 Å². The van der Waals surface area contributed by atoms with Gasteiger partial charge in [-0.15, -0.1) is 0 Å². The Balaban J connectivity index is 2.49. The summed E-state index contributed by atoms with van der Waals surface area (Å²) < 4.78 is 5.46. The van der Waals surface area contributed by atoms with Crippen LogP contribution in [0.1, 0.15) is 12.5 Å². The zero-order chi connectivity index (χ0) is 14.2. The minimum absolute atomic E-state index is 0.140. The number of halogens is 1. The van der Waals surface area contributed by atoms with E-state index in [1.807, 2.05) is 0 Å². The molecule has 0 bridgehead atoms. The second-order valence-corrected chi connectivity index (χ2v) is 4.97. The molecular weight excluding hydrogens is 314 g/mol. The van der Waals surface area contributed by atoms with Gasteiger partial charge in [0.25, 0.3) is 5.91 Å². The third-order valence-corrected chi connectivity index (χ3v) is 3.40. The van der Waals surface area contributed by atoms with Gasteiger partial charge < -0.3 is 15.2 Å². The lowest BCUT2D eigenvalue weighted by Crippen LogP contribution is -2.39. The molecule has 0 spiro atoms. The summed E-state index contributed by atoms with van der Waals surface area (Å²) in [6.07, 6.45) is 0. The van der Waals surface area contributed by atoms with Crippen molar-refractivity contribution >= 4 is 33.5 Å². The topological polar surface area (TPSA) is 75.6 Å². The molecule has 1 heterocycles. The number of benzene rings is 1. The average Bonchev–Trinajstić information content (AvgIpc) is 2.62. The summed E-state index contributed by atoms with van der Waals surface area (Å²) in [6, 6.07) is 4.92. The number of hydrogen-bond acceptors (Lipinski definition) is 4. The number of ether oxygens (including phenoxy) is 1. The van der Waals surface area contributed by atoms with Gasteiger partial charge in [-0.05, 0) is 25.1 Å². The molecule has 1 aromatic rings. The molecule has 6 heteroatoms. The molecule has 0 aromatic heterocycles. The third kappa shape index (κ3) is 2.06. The maximum atomic E-state index is 12.0. The minimum Gasteiger partial charge on any atom is -0.463 e. The summed E-state index contributed by atoms with van der Waals surface area (Å²) >= 11 is 3.26. The molecule has 19 heavy (non-hydrogen) atoms. The Morgan fingerprint density at radius 3 is 2.89 bits per heavy atom. The van der Waals surface area contributed by atoms with Crippen LogP contribution >= 0.6 is 15.9 Å². The number of anilines is 1. The second-order valence-electron chi connectivity index (χ2n) is 4.05. The van der Waals surface area contributed by atoms with Gasteiger partial charge in [0.2, 0.25) is 5.60 Å². The van der Waals surface area contributed by atoms with Gasteiger partial charge in [-0.25, -0.2) is 4.79 Å². The van der Waals surface area contributed by atoms with Crippen molar-refractivity contribution in [2.75, 3.05) is 11.9 Å². The van der Waals surface area contributed by atoms with Crippen molar-refractivity contribution in [1.29, 1.82) is 0 Å². The Hall–Kier alpha value is -1.66. The molecule has 1 atom stereocenters. The van der Waals surface area contributed by atoms with Crippen LogP contribution in [0.25, 0.3) is 0 Å². The van der Waals surface area contributed by atoms with Crippen LogP contribution in [0.5, 0.6) is 0 Å². The summed E-state index contributed by atoms with van der Waals surface area (Å²) in [4.78, 5) is 23.7. The van der Waals surface area contributed by atoms with Gasteiger partial charge in [0.15, 0.2) is 0 Å². The van der Waals surface area contributed by atoms with Crippen LogP contribution in [0.3, 0.4) is 0 Å². The predicted octanol–water partition coefficient (Wildman–Crippen LogP) is 1.71. The number of carbonyl (C=O) groups is 2. The van der Waals surface area contributed by atoms with Crippen LogP contribution in [0, 0.1) is 0 Å². The molecule has 1 aliphatic rings. The molecule has 2 rings (SSSR count). The maximum absolute atomic E-state index is 12.0. The first-order chi connectivity index (χ1) is 8.91. The van der Waals surface area contributed by atoms with Crippen molar-refractivity contribution in [2.24, 2.45) is 0 Å². The van der Waals surface area contributed by atoms with Crippen molar-refractivity contribution in [2.45, 2.75) is 12.5 Å². The first kappa shape index (κ1) is 13.8. The van der Waals surface area contributed by atoms with E-state index in [0.717, 1.165) is 0 Å². The van der Waals surface area contributed by atoms with Crippen LogP contribution in [0.15, 0.2) is 34.8 Å². The molecule has 0 radical (unpaired) electrons. The van der Waals surface area contributed by atoms with Crippen LogP contribution in [-0.4, -0.2) is 23.6 Å². The Bertz CT molecular complexity index is 584. The normalized spacial score (nSPS) is 20.7. The Kier molecular flexibility index (Phi) is 3.47. The number of esters is 1. The van der Waals surface area contributed by atoms with Gasteiger partial charge in [0.05, 0.1) is 12.2 Å². The van der Waals surface area contributed by atoms with E-state index in [4.69, 9.17) is 4.74 Å². The SMILES string of the molecule is C=C(C(=O)OCC)C1(O)C(=O)Nc2ccc(Br)cc21. The van der Waals surface area contributed by atoms with E-state index in [-0.39, 0.29) is 17.7 Å². The third-order valence-electron chi connectivity index (χ3n) is 2.91. The molecule has 1 aliphatic heterocycles. The van der Waals surface area contributed by atoms with Gasteiger partial charge >= 0.3 is 5.97 Å². The van der Waals surface area contributed by atoms with Gasteiger partial charge in [0.1, 0.15) is 0 Å². The zero-order valence-corrected chi connectivity index (χ0v) is 11.8. The fourth-order valence-electron chi connectivity index (χ4n) is 1.93. The Labute approximate surface area is 118 Å². The summed E-state index contributed by atoms with van der Waals surface area (Å²) in [5, 5.41) is 13.1. The summed E-state index contributed by atoms with van der Waals surface area (Å²) in [5.74, 6) is -1.51. The van der Waals surface area contributed by atoms with Gasteiger partial charge in [-0.2, -0.15) is 0 Å². The van der Waals surface area contributed by atoms with Crippen molar-refractivity contribution in [3.05, 3.63) is 40.4 Å². The predicted molar refractivity (Wildman–Crippen MR) is 72.4 cm³/mol. The number of fused-ring (bicyclic) bond motifs is 1. The molecular formula is C13H12BrNO4. The number of hydrogen-bond donors (Lipinski definition) is 2. The maximum Gasteiger partial charge on any atom is 0.337 e. The molecule has 0 saturated carbocycles. The number of carbonyl (C=O) groups excluding carboxylic acids is 2. The summed E-state index contributed by atoms with van der Waals surface area (Å²) in [7, 11) is 0. The van der Waals surface area contributed by atoms with Crippen LogP contribution in [0.2, 0.25) is 0 Å². The first-order valence-corrected chi connectivity index (χ1v) is 6.41. The van der Waals surface area contributed by atoms with Crippen molar-refractivity contribution in [1.82, 2.24) is 0 Å². The number of rotatable bonds is 3. The van der Waals surface area contributed by atoms with E-state index in [1.54, 1.807) is 25.1 Å². The lowest BCUT2D eigenvalue weighted by molar-refractivity contribution is -0.145. The van der Waals surface area contributed by atoms with Crippen LogP contribution in [-0.2, 0) is 19.9 Å². The molecule has 0 saturated heterocycles. The highest BCUT2D eigenvalue weighted by Crippen LogP contribution is 2.41. The largest absolute Gasteiger partial charge is 0.463 e. The average molecular weight is 326 g/mol.